The van der Waals surface area contributed by atoms with E-state index in [1.807, 2.05) is 18.2 Å². The van der Waals surface area contributed by atoms with Crippen molar-refractivity contribution < 1.29 is 9.18 Å². The van der Waals surface area contributed by atoms with E-state index in [2.05, 4.69) is 5.32 Å². The molecular formula is C16H15FN2O. The Balaban J connectivity index is 1.82. The van der Waals surface area contributed by atoms with Gasteiger partial charge in [-0.15, -0.1) is 0 Å². The molecule has 0 unspecified atom stereocenters. The maximum atomic E-state index is 13.2. The van der Waals surface area contributed by atoms with Crippen LogP contribution in [0.4, 0.5) is 15.8 Å². The first-order valence-corrected chi connectivity index (χ1v) is 6.61. The summed E-state index contributed by atoms with van der Waals surface area (Å²) in [5, 5.41) is 2.78. The molecule has 0 spiro atoms. The molecule has 2 aromatic carbocycles. The van der Waals surface area contributed by atoms with Crippen LogP contribution in [0.15, 0.2) is 36.4 Å². The molecule has 1 aliphatic carbocycles. The molecule has 1 amide bonds. The fourth-order valence-electron chi connectivity index (χ4n) is 2.60. The number of amides is 1. The van der Waals surface area contributed by atoms with Gasteiger partial charge >= 0.3 is 0 Å². The number of hydrogen-bond acceptors (Lipinski definition) is 2. The van der Waals surface area contributed by atoms with Crippen LogP contribution in [0.25, 0.3) is 0 Å². The topological polar surface area (TPSA) is 55.1 Å². The van der Waals surface area contributed by atoms with Crippen LogP contribution in [0.5, 0.6) is 0 Å². The van der Waals surface area contributed by atoms with Crippen LogP contribution in [0, 0.1) is 5.82 Å². The monoisotopic (exact) mass is 270 g/mol. The van der Waals surface area contributed by atoms with Crippen LogP contribution >= 0.6 is 0 Å². The van der Waals surface area contributed by atoms with Gasteiger partial charge in [-0.2, -0.15) is 0 Å². The summed E-state index contributed by atoms with van der Waals surface area (Å²) in [6.07, 6.45) is 3.31. The highest BCUT2D eigenvalue weighted by Crippen LogP contribution is 2.25. The lowest BCUT2D eigenvalue weighted by molar-refractivity contribution is 0.102. The molecule has 20 heavy (non-hydrogen) atoms. The van der Waals surface area contributed by atoms with Crippen molar-refractivity contribution in [3.8, 4) is 0 Å². The van der Waals surface area contributed by atoms with Gasteiger partial charge < -0.3 is 11.1 Å². The summed E-state index contributed by atoms with van der Waals surface area (Å²) < 4.78 is 13.2. The average Bonchev–Trinajstić information content (AvgIpc) is 2.85. The fraction of sp³-hybridized carbons (Fsp3) is 0.188. The Bertz CT molecular complexity index is 662. The van der Waals surface area contributed by atoms with Crippen molar-refractivity contribution in [2.75, 3.05) is 11.1 Å². The van der Waals surface area contributed by atoms with Crippen molar-refractivity contribution in [2.24, 2.45) is 0 Å². The van der Waals surface area contributed by atoms with E-state index in [0.717, 1.165) is 24.9 Å². The van der Waals surface area contributed by atoms with Crippen LogP contribution in [0.3, 0.4) is 0 Å². The summed E-state index contributed by atoms with van der Waals surface area (Å²) in [7, 11) is 0. The minimum Gasteiger partial charge on any atom is -0.399 e. The van der Waals surface area contributed by atoms with E-state index in [9.17, 15) is 9.18 Å². The number of nitrogen functional groups attached to an aromatic ring is 1. The molecule has 0 aromatic heterocycles. The van der Waals surface area contributed by atoms with Crippen LogP contribution in [0.1, 0.15) is 27.9 Å². The Morgan fingerprint density at radius 3 is 2.70 bits per heavy atom. The summed E-state index contributed by atoms with van der Waals surface area (Å²) in [5.74, 6) is -0.863. The van der Waals surface area contributed by atoms with E-state index >= 15 is 0 Å². The molecule has 0 saturated carbocycles. The predicted octanol–water partition coefficient (Wildman–Crippen LogP) is 3.15. The zero-order chi connectivity index (χ0) is 14.1. The maximum absolute atomic E-state index is 13.2. The number of nitrogens with one attached hydrogen (secondary N) is 1. The van der Waals surface area contributed by atoms with Crippen molar-refractivity contribution in [1.29, 1.82) is 0 Å². The number of carbonyl (C=O) groups is 1. The highest BCUT2D eigenvalue weighted by molar-refractivity contribution is 6.04. The first-order valence-electron chi connectivity index (χ1n) is 6.61. The normalized spacial score (nSPS) is 13.1. The van der Waals surface area contributed by atoms with Crippen molar-refractivity contribution >= 4 is 17.3 Å². The van der Waals surface area contributed by atoms with Gasteiger partial charge in [0, 0.05) is 16.9 Å². The maximum Gasteiger partial charge on any atom is 0.255 e. The third kappa shape index (κ3) is 2.50. The van der Waals surface area contributed by atoms with Gasteiger partial charge in [0.25, 0.3) is 5.91 Å². The lowest BCUT2D eigenvalue weighted by atomic mass is 10.1. The van der Waals surface area contributed by atoms with Gasteiger partial charge in [0.05, 0.1) is 0 Å². The average molecular weight is 270 g/mol. The van der Waals surface area contributed by atoms with E-state index < -0.39 is 5.82 Å². The smallest absolute Gasteiger partial charge is 0.255 e. The second kappa shape index (κ2) is 4.96. The molecule has 102 valence electrons. The molecule has 3 nitrogen and oxygen atoms in total. The number of hydrogen-bond donors (Lipinski definition) is 2. The molecule has 3 rings (SSSR count). The Kier molecular flexibility index (Phi) is 3.14. The number of aryl methyl sites for hydroxylation is 2. The van der Waals surface area contributed by atoms with Gasteiger partial charge in [-0.1, -0.05) is 6.07 Å². The highest BCUT2D eigenvalue weighted by atomic mass is 19.1. The van der Waals surface area contributed by atoms with E-state index in [1.165, 1.54) is 29.3 Å². The second-order valence-electron chi connectivity index (χ2n) is 5.06. The SMILES string of the molecule is Nc1cc(F)cc(C(=O)Nc2ccc3c(c2)CCC3)c1. The van der Waals surface area contributed by atoms with E-state index in [-0.39, 0.29) is 17.2 Å². The summed E-state index contributed by atoms with van der Waals surface area (Å²) in [5.41, 5.74) is 9.37. The van der Waals surface area contributed by atoms with Gasteiger partial charge in [0.1, 0.15) is 5.82 Å². The van der Waals surface area contributed by atoms with Crippen molar-refractivity contribution in [2.45, 2.75) is 19.3 Å². The molecule has 0 saturated heterocycles. The van der Waals surface area contributed by atoms with Crippen LogP contribution in [0.2, 0.25) is 0 Å². The molecule has 0 bridgehead atoms. The summed E-state index contributed by atoms with van der Waals surface area (Å²) in [4.78, 5) is 12.1. The quantitative estimate of drug-likeness (QED) is 0.824. The van der Waals surface area contributed by atoms with Gasteiger partial charge in [0.15, 0.2) is 0 Å². The third-order valence-corrected chi connectivity index (χ3v) is 3.54. The number of nitrogens with two attached hydrogens (primary N) is 1. The van der Waals surface area contributed by atoms with Crippen molar-refractivity contribution in [3.05, 3.63) is 58.9 Å². The molecule has 0 heterocycles. The van der Waals surface area contributed by atoms with Crippen LogP contribution in [-0.2, 0) is 12.8 Å². The van der Waals surface area contributed by atoms with Gasteiger partial charge in [-0.05, 0) is 60.7 Å². The molecule has 0 radical (unpaired) electrons. The molecule has 3 N–H and O–H groups in total. The highest BCUT2D eigenvalue weighted by Gasteiger charge is 2.13. The Morgan fingerprint density at radius 1 is 1.10 bits per heavy atom. The summed E-state index contributed by atoms with van der Waals surface area (Å²) in [6, 6.07) is 9.74. The minimum absolute atomic E-state index is 0.225. The molecule has 4 heteroatoms. The minimum atomic E-state index is -0.510. The van der Waals surface area contributed by atoms with E-state index in [1.54, 1.807) is 0 Å². The number of benzene rings is 2. The predicted molar refractivity (Wildman–Crippen MR) is 77.2 cm³/mol. The molecular weight excluding hydrogens is 255 g/mol. The number of fused-ring (bicyclic) bond motifs is 1. The third-order valence-electron chi connectivity index (χ3n) is 3.54. The molecule has 1 aliphatic rings. The van der Waals surface area contributed by atoms with E-state index in [0.29, 0.717) is 0 Å². The molecule has 0 fully saturated rings. The second-order valence-corrected chi connectivity index (χ2v) is 5.06. The largest absolute Gasteiger partial charge is 0.399 e. The van der Waals surface area contributed by atoms with E-state index in [4.69, 9.17) is 5.73 Å². The van der Waals surface area contributed by atoms with Crippen molar-refractivity contribution in [1.82, 2.24) is 0 Å². The standard InChI is InChI=1S/C16H15FN2O/c17-13-6-12(7-14(18)9-13)16(20)19-15-5-4-10-2-1-3-11(10)8-15/h4-9H,1-3,18H2,(H,19,20). The Hall–Kier alpha value is -2.36. The van der Waals surface area contributed by atoms with Gasteiger partial charge in [-0.3, -0.25) is 4.79 Å². The molecule has 0 aliphatic heterocycles. The molecule has 0 atom stereocenters. The zero-order valence-corrected chi connectivity index (χ0v) is 10.9. The number of carbonyl (C=O) groups excluding carboxylic acids is 1. The summed E-state index contributed by atoms with van der Waals surface area (Å²) >= 11 is 0. The van der Waals surface area contributed by atoms with Crippen LogP contribution < -0.4 is 11.1 Å². The molecule has 2 aromatic rings. The van der Waals surface area contributed by atoms with Gasteiger partial charge in [0.2, 0.25) is 0 Å². The number of anilines is 2. The fourth-order valence-corrected chi connectivity index (χ4v) is 2.60. The zero-order valence-electron chi connectivity index (χ0n) is 10.9. The lowest BCUT2D eigenvalue weighted by Gasteiger charge is -2.08. The number of rotatable bonds is 2. The Labute approximate surface area is 116 Å². The van der Waals surface area contributed by atoms with Crippen LogP contribution in [-0.4, -0.2) is 5.91 Å². The number of halogens is 1. The van der Waals surface area contributed by atoms with Gasteiger partial charge in [-0.25, -0.2) is 4.39 Å². The summed E-state index contributed by atoms with van der Waals surface area (Å²) in [6.45, 7) is 0. The Morgan fingerprint density at radius 2 is 1.90 bits per heavy atom. The van der Waals surface area contributed by atoms with Crippen molar-refractivity contribution in [3.63, 3.8) is 0 Å². The first-order chi connectivity index (χ1) is 9.61. The lowest BCUT2D eigenvalue weighted by Crippen LogP contribution is -2.12. The first kappa shape index (κ1) is 12.7.